The van der Waals surface area contributed by atoms with E-state index in [-0.39, 0.29) is 11.6 Å². The SMILES string of the molecule is CNC(=O)c1noc2cccnc12. The van der Waals surface area contributed by atoms with E-state index in [2.05, 4.69) is 15.5 Å². The number of aromatic nitrogens is 2. The monoisotopic (exact) mass is 177 g/mol. The average Bonchev–Trinajstić information content (AvgIpc) is 2.60. The number of nitrogens with one attached hydrogen (secondary N) is 1. The van der Waals surface area contributed by atoms with Crippen molar-refractivity contribution in [2.45, 2.75) is 0 Å². The lowest BCUT2D eigenvalue weighted by Gasteiger charge is -1.91. The van der Waals surface area contributed by atoms with E-state index in [4.69, 9.17) is 4.52 Å². The van der Waals surface area contributed by atoms with Crippen molar-refractivity contribution in [1.82, 2.24) is 15.5 Å². The maximum Gasteiger partial charge on any atom is 0.275 e. The average molecular weight is 177 g/mol. The minimum absolute atomic E-state index is 0.220. The fraction of sp³-hybridized carbons (Fsp3) is 0.125. The van der Waals surface area contributed by atoms with Crippen LogP contribution in [-0.4, -0.2) is 23.1 Å². The summed E-state index contributed by atoms with van der Waals surface area (Å²) in [6.07, 6.45) is 1.59. The first-order chi connectivity index (χ1) is 6.33. The molecule has 1 amide bonds. The Labute approximate surface area is 73.7 Å². The van der Waals surface area contributed by atoms with Gasteiger partial charge in [0, 0.05) is 13.2 Å². The summed E-state index contributed by atoms with van der Waals surface area (Å²) in [6.45, 7) is 0. The number of fused-ring (bicyclic) bond motifs is 1. The Hall–Kier alpha value is -1.91. The van der Waals surface area contributed by atoms with Crippen molar-refractivity contribution < 1.29 is 9.32 Å². The molecule has 0 fully saturated rings. The van der Waals surface area contributed by atoms with Crippen molar-refractivity contribution in [2.24, 2.45) is 0 Å². The van der Waals surface area contributed by atoms with Crippen LogP contribution in [0.4, 0.5) is 0 Å². The van der Waals surface area contributed by atoms with E-state index in [1.54, 1.807) is 18.3 Å². The van der Waals surface area contributed by atoms with Gasteiger partial charge in [0.05, 0.1) is 0 Å². The topological polar surface area (TPSA) is 68.0 Å². The van der Waals surface area contributed by atoms with Gasteiger partial charge in [0.1, 0.15) is 5.52 Å². The summed E-state index contributed by atoms with van der Waals surface area (Å²) in [5.74, 6) is -0.294. The molecule has 66 valence electrons. The van der Waals surface area contributed by atoms with E-state index in [0.29, 0.717) is 11.1 Å². The van der Waals surface area contributed by atoms with Crippen LogP contribution in [0.5, 0.6) is 0 Å². The largest absolute Gasteiger partial charge is 0.354 e. The van der Waals surface area contributed by atoms with Gasteiger partial charge >= 0.3 is 0 Å². The number of pyridine rings is 1. The second-order valence-corrected chi connectivity index (χ2v) is 2.46. The van der Waals surface area contributed by atoms with Crippen molar-refractivity contribution in [3.05, 3.63) is 24.0 Å². The van der Waals surface area contributed by atoms with Crippen molar-refractivity contribution in [1.29, 1.82) is 0 Å². The lowest BCUT2D eigenvalue weighted by Crippen LogP contribution is -2.18. The maximum atomic E-state index is 11.2. The third kappa shape index (κ3) is 1.14. The third-order valence-corrected chi connectivity index (χ3v) is 1.67. The summed E-state index contributed by atoms with van der Waals surface area (Å²) in [5, 5.41) is 6.07. The van der Waals surface area contributed by atoms with Crippen LogP contribution in [0.3, 0.4) is 0 Å². The third-order valence-electron chi connectivity index (χ3n) is 1.67. The molecule has 1 N–H and O–H groups in total. The first-order valence-electron chi connectivity index (χ1n) is 3.75. The summed E-state index contributed by atoms with van der Waals surface area (Å²) < 4.78 is 4.90. The molecular weight excluding hydrogens is 170 g/mol. The van der Waals surface area contributed by atoms with E-state index in [9.17, 15) is 4.79 Å². The number of nitrogens with zero attached hydrogens (tertiary/aromatic N) is 2. The van der Waals surface area contributed by atoms with Crippen LogP contribution in [0.1, 0.15) is 10.5 Å². The van der Waals surface area contributed by atoms with Gasteiger partial charge in [-0.15, -0.1) is 0 Å². The van der Waals surface area contributed by atoms with E-state index in [0.717, 1.165) is 0 Å². The van der Waals surface area contributed by atoms with Gasteiger partial charge < -0.3 is 9.84 Å². The van der Waals surface area contributed by atoms with Gasteiger partial charge in [-0.25, -0.2) is 0 Å². The number of hydrogen-bond donors (Lipinski definition) is 1. The Morgan fingerprint density at radius 3 is 3.23 bits per heavy atom. The molecule has 2 aromatic rings. The molecule has 0 bridgehead atoms. The number of carbonyl (C=O) groups excluding carboxylic acids is 1. The molecule has 0 aliphatic heterocycles. The predicted molar refractivity (Wildman–Crippen MR) is 45.2 cm³/mol. The smallest absolute Gasteiger partial charge is 0.275 e. The van der Waals surface area contributed by atoms with Gasteiger partial charge in [-0.2, -0.15) is 0 Å². The van der Waals surface area contributed by atoms with Crippen LogP contribution in [0.25, 0.3) is 11.1 Å². The van der Waals surface area contributed by atoms with E-state index < -0.39 is 0 Å². The molecule has 13 heavy (non-hydrogen) atoms. The zero-order chi connectivity index (χ0) is 9.26. The van der Waals surface area contributed by atoms with E-state index in [1.807, 2.05) is 0 Å². The molecule has 0 radical (unpaired) electrons. The van der Waals surface area contributed by atoms with Crippen LogP contribution in [0.15, 0.2) is 22.9 Å². The highest BCUT2D eigenvalue weighted by atomic mass is 16.5. The summed E-state index contributed by atoms with van der Waals surface area (Å²) >= 11 is 0. The molecule has 0 spiro atoms. The first kappa shape index (κ1) is 7.72. The minimum atomic E-state index is -0.294. The lowest BCUT2D eigenvalue weighted by atomic mass is 10.3. The Bertz CT molecular complexity index is 449. The van der Waals surface area contributed by atoms with Crippen LogP contribution >= 0.6 is 0 Å². The molecule has 0 aliphatic carbocycles. The maximum absolute atomic E-state index is 11.2. The Balaban J connectivity index is 2.64. The molecule has 5 heteroatoms. The molecule has 2 aromatic heterocycles. The second-order valence-electron chi connectivity index (χ2n) is 2.46. The number of carbonyl (C=O) groups is 1. The molecular formula is C8H7N3O2. The summed E-state index contributed by atoms with van der Waals surface area (Å²) in [4.78, 5) is 15.2. The summed E-state index contributed by atoms with van der Waals surface area (Å²) in [7, 11) is 1.53. The highest BCUT2D eigenvalue weighted by Crippen LogP contribution is 2.14. The van der Waals surface area contributed by atoms with Crippen molar-refractivity contribution in [2.75, 3.05) is 7.05 Å². The minimum Gasteiger partial charge on any atom is -0.354 e. The van der Waals surface area contributed by atoms with Gasteiger partial charge in [-0.3, -0.25) is 9.78 Å². The Morgan fingerprint density at radius 1 is 1.62 bits per heavy atom. The summed E-state index contributed by atoms with van der Waals surface area (Å²) in [5.41, 5.74) is 1.22. The van der Waals surface area contributed by atoms with Crippen molar-refractivity contribution >= 4 is 17.0 Å². The second kappa shape index (κ2) is 2.85. The molecule has 0 atom stereocenters. The lowest BCUT2D eigenvalue weighted by molar-refractivity contribution is 0.0955. The van der Waals surface area contributed by atoms with Gasteiger partial charge in [0.15, 0.2) is 11.3 Å². The first-order valence-corrected chi connectivity index (χ1v) is 3.75. The zero-order valence-electron chi connectivity index (χ0n) is 6.94. The van der Waals surface area contributed by atoms with Crippen LogP contribution in [0.2, 0.25) is 0 Å². The Morgan fingerprint density at radius 2 is 2.46 bits per heavy atom. The van der Waals surface area contributed by atoms with E-state index >= 15 is 0 Å². The predicted octanol–water partition coefficient (Wildman–Crippen LogP) is 0.582. The fourth-order valence-corrected chi connectivity index (χ4v) is 1.05. The highest BCUT2D eigenvalue weighted by Gasteiger charge is 2.14. The highest BCUT2D eigenvalue weighted by molar-refractivity contribution is 6.02. The normalized spacial score (nSPS) is 10.2. The number of hydrogen-bond acceptors (Lipinski definition) is 4. The number of rotatable bonds is 1. The number of amides is 1. The molecule has 0 aliphatic rings. The van der Waals surface area contributed by atoms with Gasteiger partial charge in [0.2, 0.25) is 0 Å². The van der Waals surface area contributed by atoms with Gasteiger partial charge in [-0.05, 0) is 12.1 Å². The molecule has 0 saturated heterocycles. The van der Waals surface area contributed by atoms with Gasteiger partial charge in [0.25, 0.3) is 5.91 Å². The molecule has 5 nitrogen and oxygen atoms in total. The standard InChI is InChI=1S/C8H7N3O2/c1-9-8(12)7-6-5(13-11-7)3-2-4-10-6/h2-4H,1H3,(H,9,12). The van der Waals surface area contributed by atoms with Crippen molar-refractivity contribution in [3.8, 4) is 0 Å². The summed E-state index contributed by atoms with van der Waals surface area (Å²) in [6, 6.07) is 3.43. The van der Waals surface area contributed by atoms with Crippen molar-refractivity contribution in [3.63, 3.8) is 0 Å². The van der Waals surface area contributed by atoms with Crippen LogP contribution < -0.4 is 5.32 Å². The quantitative estimate of drug-likeness (QED) is 0.691. The van der Waals surface area contributed by atoms with Gasteiger partial charge in [-0.1, -0.05) is 5.16 Å². The van der Waals surface area contributed by atoms with E-state index in [1.165, 1.54) is 7.05 Å². The van der Waals surface area contributed by atoms with Crippen LogP contribution in [-0.2, 0) is 0 Å². The molecule has 2 heterocycles. The molecule has 0 saturated carbocycles. The zero-order valence-corrected chi connectivity index (χ0v) is 6.94. The molecule has 2 rings (SSSR count). The molecule has 0 aromatic carbocycles. The Kier molecular flexibility index (Phi) is 1.70. The van der Waals surface area contributed by atoms with Crippen LogP contribution in [0, 0.1) is 0 Å². The molecule has 0 unspecified atom stereocenters. The fourth-order valence-electron chi connectivity index (χ4n) is 1.05.